The molecule has 78 valence electrons. The molecule has 5 nitrogen and oxygen atoms in total. The maximum atomic E-state index is 11.7. The highest BCUT2D eigenvalue weighted by molar-refractivity contribution is 7.10. The Balaban J connectivity index is 2.93. The van der Waals surface area contributed by atoms with Crippen LogP contribution in [0.25, 0.3) is 0 Å². The summed E-state index contributed by atoms with van der Waals surface area (Å²) >= 11 is 1.29. The standard InChI is InChI=1S/C8H14N4OS/c1-5-6(7(13)10-12(3)4)8(9-2)14-11-5/h9H,1-4H3,(H,10,13). The first-order valence-electron chi connectivity index (χ1n) is 4.18. The van der Waals surface area contributed by atoms with Crippen molar-refractivity contribution in [1.82, 2.24) is 14.8 Å². The fourth-order valence-electron chi connectivity index (χ4n) is 1.07. The predicted molar refractivity (Wildman–Crippen MR) is 57.6 cm³/mol. The highest BCUT2D eigenvalue weighted by atomic mass is 32.1. The molecule has 1 amide bonds. The van der Waals surface area contributed by atoms with Crippen LogP contribution in [0.5, 0.6) is 0 Å². The van der Waals surface area contributed by atoms with Crippen LogP contribution in [-0.4, -0.2) is 36.4 Å². The molecule has 0 aliphatic rings. The Morgan fingerprint density at radius 3 is 2.64 bits per heavy atom. The summed E-state index contributed by atoms with van der Waals surface area (Å²) in [6, 6.07) is 0. The number of rotatable bonds is 3. The molecular weight excluding hydrogens is 200 g/mol. The van der Waals surface area contributed by atoms with Crippen LogP contribution in [0, 0.1) is 6.92 Å². The molecular formula is C8H14N4OS. The summed E-state index contributed by atoms with van der Waals surface area (Å²) in [7, 11) is 5.32. The first-order chi connectivity index (χ1) is 6.56. The average Bonchev–Trinajstić information content (AvgIpc) is 2.45. The highest BCUT2D eigenvalue weighted by Crippen LogP contribution is 2.23. The Labute approximate surface area is 87.2 Å². The third-order valence-corrected chi connectivity index (χ3v) is 2.60. The van der Waals surface area contributed by atoms with E-state index in [1.165, 1.54) is 11.5 Å². The zero-order chi connectivity index (χ0) is 10.7. The number of hydrogen-bond acceptors (Lipinski definition) is 5. The molecule has 0 aliphatic heterocycles. The number of hydrogen-bond donors (Lipinski definition) is 2. The molecule has 1 rings (SSSR count). The van der Waals surface area contributed by atoms with E-state index in [9.17, 15) is 4.79 Å². The molecule has 0 unspecified atom stereocenters. The van der Waals surface area contributed by atoms with Gasteiger partial charge in [0.05, 0.1) is 11.3 Å². The van der Waals surface area contributed by atoms with Crippen LogP contribution >= 0.6 is 11.5 Å². The van der Waals surface area contributed by atoms with E-state index >= 15 is 0 Å². The van der Waals surface area contributed by atoms with E-state index in [0.717, 1.165) is 10.7 Å². The van der Waals surface area contributed by atoms with E-state index in [0.29, 0.717) is 5.56 Å². The molecule has 0 aromatic carbocycles. The van der Waals surface area contributed by atoms with Crippen molar-refractivity contribution in [2.45, 2.75) is 6.92 Å². The van der Waals surface area contributed by atoms with Gasteiger partial charge in [-0.3, -0.25) is 10.2 Å². The van der Waals surface area contributed by atoms with Gasteiger partial charge < -0.3 is 5.32 Å². The van der Waals surface area contributed by atoms with Crippen LogP contribution in [0.1, 0.15) is 16.1 Å². The maximum Gasteiger partial charge on any atom is 0.270 e. The number of hydrazine groups is 1. The molecule has 6 heteroatoms. The van der Waals surface area contributed by atoms with E-state index in [4.69, 9.17) is 0 Å². The molecule has 0 bridgehead atoms. The molecule has 1 heterocycles. The van der Waals surface area contributed by atoms with Crippen molar-refractivity contribution in [2.75, 3.05) is 26.5 Å². The van der Waals surface area contributed by atoms with E-state index in [2.05, 4.69) is 15.1 Å². The van der Waals surface area contributed by atoms with Crippen molar-refractivity contribution in [3.05, 3.63) is 11.3 Å². The van der Waals surface area contributed by atoms with Gasteiger partial charge in [0.15, 0.2) is 0 Å². The van der Waals surface area contributed by atoms with Crippen molar-refractivity contribution in [2.24, 2.45) is 0 Å². The van der Waals surface area contributed by atoms with E-state index in [1.807, 2.05) is 6.92 Å². The summed E-state index contributed by atoms with van der Waals surface area (Å²) in [5.41, 5.74) is 4.05. The molecule has 2 N–H and O–H groups in total. The van der Waals surface area contributed by atoms with E-state index in [-0.39, 0.29) is 5.91 Å². The van der Waals surface area contributed by atoms with Gasteiger partial charge in [0.25, 0.3) is 5.91 Å². The van der Waals surface area contributed by atoms with Crippen molar-refractivity contribution in [3.63, 3.8) is 0 Å². The number of carbonyl (C=O) groups is 1. The molecule has 1 aromatic heterocycles. The molecule has 0 spiro atoms. The molecule has 0 saturated heterocycles. The van der Waals surface area contributed by atoms with Gasteiger partial charge in [-0.15, -0.1) is 0 Å². The van der Waals surface area contributed by atoms with Crippen molar-refractivity contribution < 1.29 is 4.79 Å². The Kier molecular flexibility index (Phi) is 3.43. The number of carbonyl (C=O) groups excluding carboxylic acids is 1. The lowest BCUT2D eigenvalue weighted by atomic mass is 10.2. The smallest absolute Gasteiger partial charge is 0.270 e. The normalized spacial score (nSPS) is 10.4. The summed E-state index contributed by atoms with van der Waals surface area (Å²) in [5, 5.41) is 5.35. The van der Waals surface area contributed by atoms with Crippen LogP contribution < -0.4 is 10.7 Å². The molecule has 0 fully saturated rings. The van der Waals surface area contributed by atoms with Gasteiger partial charge in [0.2, 0.25) is 0 Å². The second-order valence-corrected chi connectivity index (χ2v) is 3.83. The maximum absolute atomic E-state index is 11.7. The quantitative estimate of drug-likeness (QED) is 0.727. The zero-order valence-electron chi connectivity index (χ0n) is 8.71. The number of aromatic nitrogens is 1. The monoisotopic (exact) mass is 214 g/mol. The first-order valence-corrected chi connectivity index (χ1v) is 4.96. The van der Waals surface area contributed by atoms with Gasteiger partial charge in [-0.1, -0.05) is 0 Å². The van der Waals surface area contributed by atoms with Crippen LogP contribution in [0.2, 0.25) is 0 Å². The Hall–Kier alpha value is -1.14. The Morgan fingerprint density at radius 2 is 2.14 bits per heavy atom. The van der Waals surface area contributed by atoms with Crippen molar-refractivity contribution in [1.29, 1.82) is 0 Å². The van der Waals surface area contributed by atoms with Gasteiger partial charge >= 0.3 is 0 Å². The van der Waals surface area contributed by atoms with E-state index in [1.54, 1.807) is 26.2 Å². The van der Waals surface area contributed by atoms with Crippen LogP contribution in [0.15, 0.2) is 0 Å². The summed E-state index contributed by atoms with van der Waals surface area (Å²) in [5.74, 6) is -0.134. The van der Waals surface area contributed by atoms with Gasteiger partial charge in [0.1, 0.15) is 5.00 Å². The molecule has 14 heavy (non-hydrogen) atoms. The Bertz CT molecular complexity index is 334. The van der Waals surface area contributed by atoms with Gasteiger partial charge in [-0.25, -0.2) is 5.01 Å². The van der Waals surface area contributed by atoms with E-state index < -0.39 is 0 Å². The van der Waals surface area contributed by atoms with Gasteiger partial charge in [0, 0.05) is 21.1 Å². The molecule has 0 aliphatic carbocycles. The third kappa shape index (κ3) is 2.21. The fraction of sp³-hybridized carbons (Fsp3) is 0.500. The average molecular weight is 214 g/mol. The lowest BCUT2D eigenvalue weighted by Crippen LogP contribution is -2.36. The van der Waals surface area contributed by atoms with Crippen LogP contribution in [0.3, 0.4) is 0 Å². The largest absolute Gasteiger partial charge is 0.378 e. The summed E-state index contributed by atoms with van der Waals surface area (Å²) in [6.07, 6.45) is 0. The topological polar surface area (TPSA) is 57.3 Å². The Morgan fingerprint density at radius 1 is 1.50 bits per heavy atom. The second-order valence-electron chi connectivity index (χ2n) is 3.06. The van der Waals surface area contributed by atoms with Gasteiger partial charge in [-0.2, -0.15) is 4.37 Å². The molecule has 0 saturated carbocycles. The van der Waals surface area contributed by atoms with Gasteiger partial charge in [-0.05, 0) is 18.5 Å². The summed E-state index contributed by atoms with van der Waals surface area (Å²) < 4.78 is 4.12. The summed E-state index contributed by atoms with van der Waals surface area (Å²) in [4.78, 5) is 11.7. The summed E-state index contributed by atoms with van der Waals surface area (Å²) in [6.45, 7) is 1.82. The minimum atomic E-state index is -0.134. The minimum Gasteiger partial charge on any atom is -0.378 e. The van der Waals surface area contributed by atoms with Crippen molar-refractivity contribution in [3.8, 4) is 0 Å². The first kappa shape index (κ1) is 10.9. The predicted octanol–water partition coefficient (Wildman–Crippen LogP) is 0.700. The number of nitrogens with one attached hydrogen (secondary N) is 2. The minimum absolute atomic E-state index is 0.134. The third-order valence-electron chi connectivity index (χ3n) is 1.64. The number of amides is 1. The number of anilines is 1. The zero-order valence-corrected chi connectivity index (χ0v) is 9.53. The van der Waals surface area contributed by atoms with Crippen molar-refractivity contribution >= 4 is 22.4 Å². The number of aryl methyl sites for hydroxylation is 1. The molecule has 0 atom stereocenters. The highest BCUT2D eigenvalue weighted by Gasteiger charge is 2.17. The lowest BCUT2D eigenvalue weighted by molar-refractivity contribution is 0.0857. The van der Waals surface area contributed by atoms with Crippen LogP contribution in [-0.2, 0) is 0 Å². The lowest BCUT2D eigenvalue weighted by Gasteiger charge is -2.12. The second kappa shape index (κ2) is 4.39. The molecule has 0 radical (unpaired) electrons. The fourth-order valence-corrected chi connectivity index (χ4v) is 1.81. The molecule has 1 aromatic rings. The SMILES string of the molecule is CNc1snc(C)c1C(=O)NN(C)C. The van der Waals surface area contributed by atoms with Crippen LogP contribution in [0.4, 0.5) is 5.00 Å². The number of nitrogens with zero attached hydrogens (tertiary/aromatic N) is 2.